The summed E-state index contributed by atoms with van der Waals surface area (Å²) in [5, 5.41) is 27.6. The van der Waals surface area contributed by atoms with Crippen molar-refractivity contribution in [3.8, 4) is 11.5 Å². The van der Waals surface area contributed by atoms with Gasteiger partial charge in [-0.05, 0) is 90.7 Å². The van der Waals surface area contributed by atoms with Crippen LogP contribution in [0.15, 0.2) is 66.7 Å². The van der Waals surface area contributed by atoms with Gasteiger partial charge in [0.25, 0.3) is 11.8 Å². The summed E-state index contributed by atoms with van der Waals surface area (Å²) in [5.41, 5.74) is 5.62. The van der Waals surface area contributed by atoms with E-state index in [1.807, 2.05) is 25.1 Å². The Morgan fingerprint density at radius 1 is 0.895 bits per heavy atom. The van der Waals surface area contributed by atoms with Gasteiger partial charge in [-0.3, -0.25) is 9.59 Å². The monoisotopic (exact) mass is 509 g/mol. The van der Waals surface area contributed by atoms with E-state index in [4.69, 9.17) is 0 Å². The lowest BCUT2D eigenvalue weighted by molar-refractivity contribution is 0.0950. The number of fused-ring (bicyclic) bond motifs is 2. The smallest absolute Gasteiger partial charge is 0.255 e. The van der Waals surface area contributed by atoms with E-state index in [0.717, 1.165) is 30.8 Å². The number of aromatic hydroxyl groups is 2. The van der Waals surface area contributed by atoms with Gasteiger partial charge >= 0.3 is 0 Å². The van der Waals surface area contributed by atoms with Gasteiger partial charge in [-0.1, -0.05) is 25.1 Å². The summed E-state index contributed by atoms with van der Waals surface area (Å²) >= 11 is 0. The number of amides is 2. The molecule has 1 aliphatic rings. The third kappa shape index (κ3) is 5.19. The number of nitrogens with zero attached hydrogens (tertiary/aromatic N) is 1. The highest BCUT2D eigenvalue weighted by atomic mass is 16.3. The number of nitrogens with one attached hydrogen (secondary N) is 2. The van der Waals surface area contributed by atoms with E-state index in [2.05, 4.69) is 28.6 Å². The third-order valence-electron chi connectivity index (χ3n) is 7.12. The summed E-state index contributed by atoms with van der Waals surface area (Å²) in [5.74, 6) is -0.392. The molecule has 194 valence electrons. The van der Waals surface area contributed by atoms with Gasteiger partial charge in [0, 0.05) is 47.2 Å². The molecule has 1 aliphatic heterocycles. The first kappa shape index (κ1) is 25.3. The minimum atomic E-state index is -0.320. The predicted molar refractivity (Wildman–Crippen MR) is 149 cm³/mol. The number of likely N-dealkylation sites (N-methyl/N-ethyl adjacent to an activating group) is 1. The van der Waals surface area contributed by atoms with Crippen LogP contribution in [0.3, 0.4) is 0 Å². The third-order valence-corrected chi connectivity index (χ3v) is 7.12. The lowest BCUT2D eigenvalue weighted by Crippen LogP contribution is -2.26. The largest absolute Gasteiger partial charge is 0.507 e. The lowest BCUT2D eigenvalue weighted by Gasteiger charge is -2.25. The molecule has 4 aromatic carbocycles. The second-order valence-corrected chi connectivity index (χ2v) is 9.83. The van der Waals surface area contributed by atoms with Crippen molar-refractivity contribution in [3.05, 3.63) is 100 Å². The SMILES string of the molecule is CCc1cc(O)c2cc(C(=O)NCc3cccc(C(=O)Nc4ccc5c(c4)CN(C)CC5)c3)ccc2c1O. The van der Waals surface area contributed by atoms with E-state index in [9.17, 15) is 19.8 Å². The second-order valence-electron chi connectivity index (χ2n) is 9.83. The first-order valence-corrected chi connectivity index (χ1v) is 12.8. The van der Waals surface area contributed by atoms with Gasteiger partial charge in [0.05, 0.1) is 0 Å². The highest BCUT2D eigenvalue weighted by Crippen LogP contribution is 2.36. The Balaban J connectivity index is 1.26. The number of carbonyl (C=O) groups excluding carboxylic acids is 2. The Bertz CT molecular complexity index is 1550. The van der Waals surface area contributed by atoms with Crippen molar-refractivity contribution in [2.45, 2.75) is 32.9 Å². The second kappa shape index (κ2) is 10.6. The number of carbonyl (C=O) groups is 2. The van der Waals surface area contributed by atoms with Crippen LogP contribution in [-0.4, -0.2) is 40.5 Å². The molecule has 4 N–H and O–H groups in total. The highest BCUT2D eigenvalue weighted by Gasteiger charge is 2.16. The molecule has 0 unspecified atom stereocenters. The van der Waals surface area contributed by atoms with Crippen LogP contribution in [-0.2, 0) is 25.9 Å². The summed E-state index contributed by atoms with van der Waals surface area (Å²) in [4.78, 5) is 28.0. The van der Waals surface area contributed by atoms with Crippen molar-refractivity contribution in [3.63, 3.8) is 0 Å². The Morgan fingerprint density at radius 3 is 2.53 bits per heavy atom. The normalized spacial score (nSPS) is 13.2. The molecule has 1 heterocycles. The number of phenols is 2. The fraction of sp³-hybridized carbons (Fsp3) is 0.226. The molecule has 4 aromatic rings. The van der Waals surface area contributed by atoms with Gasteiger partial charge in [0.15, 0.2) is 0 Å². The maximum absolute atomic E-state index is 12.9. The molecule has 0 atom stereocenters. The summed E-state index contributed by atoms with van der Waals surface area (Å²) < 4.78 is 0. The number of benzene rings is 4. The van der Waals surface area contributed by atoms with Gasteiger partial charge in [-0.15, -0.1) is 0 Å². The van der Waals surface area contributed by atoms with Crippen LogP contribution in [0, 0.1) is 0 Å². The molecule has 0 saturated carbocycles. The molecule has 7 nitrogen and oxygen atoms in total. The maximum Gasteiger partial charge on any atom is 0.255 e. The van der Waals surface area contributed by atoms with Crippen molar-refractivity contribution < 1.29 is 19.8 Å². The summed E-state index contributed by atoms with van der Waals surface area (Å²) in [7, 11) is 2.09. The van der Waals surface area contributed by atoms with Gasteiger partial charge in [-0.25, -0.2) is 0 Å². The molecule has 2 amide bonds. The molecule has 0 spiro atoms. The van der Waals surface area contributed by atoms with Crippen LogP contribution < -0.4 is 10.6 Å². The van der Waals surface area contributed by atoms with Crippen molar-refractivity contribution in [1.82, 2.24) is 10.2 Å². The lowest BCUT2D eigenvalue weighted by atomic mass is 9.99. The van der Waals surface area contributed by atoms with Crippen LogP contribution in [0.5, 0.6) is 11.5 Å². The molecule has 0 saturated heterocycles. The average molecular weight is 510 g/mol. The quantitative estimate of drug-likeness (QED) is 0.275. The zero-order valence-electron chi connectivity index (χ0n) is 21.5. The Hall–Kier alpha value is -4.36. The summed E-state index contributed by atoms with van der Waals surface area (Å²) in [6, 6.07) is 19.6. The first-order chi connectivity index (χ1) is 18.3. The molecule has 0 aromatic heterocycles. The van der Waals surface area contributed by atoms with Crippen LogP contribution in [0.4, 0.5) is 5.69 Å². The van der Waals surface area contributed by atoms with E-state index in [1.54, 1.807) is 36.4 Å². The van der Waals surface area contributed by atoms with Crippen LogP contribution in [0.2, 0.25) is 0 Å². The molecular formula is C31H31N3O4. The van der Waals surface area contributed by atoms with Gasteiger partial charge in [0.2, 0.25) is 0 Å². The maximum atomic E-state index is 12.9. The molecule has 0 bridgehead atoms. The number of aryl methyl sites for hydroxylation is 1. The summed E-state index contributed by atoms with van der Waals surface area (Å²) in [6.45, 7) is 4.03. The molecule has 0 aliphatic carbocycles. The molecular weight excluding hydrogens is 478 g/mol. The highest BCUT2D eigenvalue weighted by molar-refractivity contribution is 6.04. The summed E-state index contributed by atoms with van der Waals surface area (Å²) in [6.07, 6.45) is 1.59. The molecule has 7 heteroatoms. The van der Waals surface area contributed by atoms with Crippen molar-refractivity contribution in [2.75, 3.05) is 18.9 Å². The first-order valence-electron chi connectivity index (χ1n) is 12.8. The standard InChI is InChI=1S/C31H31N3O4/c1-3-20-16-28(35)27-15-23(8-10-26(27)29(20)36)30(37)32-17-19-5-4-6-22(13-19)31(38)33-25-9-7-21-11-12-34(2)18-24(21)14-25/h4-10,13-16,35-36H,3,11-12,17-18H2,1-2H3,(H,32,37)(H,33,38). The fourth-order valence-electron chi connectivity index (χ4n) is 4.94. The Labute approximate surface area is 221 Å². The topological polar surface area (TPSA) is 102 Å². The molecule has 0 radical (unpaired) electrons. The van der Waals surface area contributed by atoms with Gasteiger partial charge < -0.3 is 25.7 Å². The number of rotatable bonds is 6. The number of anilines is 1. The fourth-order valence-corrected chi connectivity index (χ4v) is 4.94. The number of hydrogen-bond acceptors (Lipinski definition) is 5. The van der Waals surface area contributed by atoms with E-state index in [0.29, 0.717) is 33.9 Å². The van der Waals surface area contributed by atoms with Crippen molar-refractivity contribution in [2.24, 2.45) is 0 Å². The van der Waals surface area contributed by atoms with Crippen molar-refractivity contribution in [1.29, 1.82) is 0 Å². The van der Waals surface area contributed by atoms with Crippen LogP contribution in [0.25, 0.3) is 10.8 Å². The Morgan fingerprint density at radius 2 is 1.71 bits per heavy atom. The molecule has 5 rings (SSSR count). The number of phenolic OH excluding ortho intramolecular Hbond substituents is 2. The van der Waals surface area contributed by atoms with E-state index in [-0.39, 0.29) is 29.9 Å². The minimum absolute atomic E-state index is 0.0222. The zero-order chi connectivity index (χ0) is 26.8. The zero-order valence-corrected chi connectivity index (χ0v) is 21.5. The van der Waals surface area contributed by atoms with E-state index >= 15 is 0 Å². The average Bonchev–Trinajstić information content (AvgIpc) is 2.93. The Kier molecular flexibility index (Phi) is 7.03. The van der Waals surface area contributed by atoms with Gasteiger partial charge in [0.1, 0.15) is 11.5 Å². The van der Waals surface area contributed by atoms with Crippen molar-refractivity contribution >= 4 is 28.3 Å². The predicted octanol–water partition coefficient (Wildman–Crippen LogP) is 4.98. The van der Waals surface area contributed by atoms with E-state index < -0.39 is 0 Å². The van der Waals surface area contributed by atoms with Crippen LogP contribution >= 0.6 is 0 Å². The van der Waals surface area contributed by atoms with Crippen LogP contribution in [0.1, 0.15) is 49.9 Å². The molecule has 0 fully saturated rings. The van der Waals surface area contributed by atoms with Gasteiger partial charge in [-0.2, -0.15) is 0 Å². The minimum Gasteiger partial charge on any atom is -0.507 e. The molecule has 38 heavy (non-hydrogen) atoms. The number of hydrogen-bond donors (Lipinski definition) is 4. The van der Waals surface area contributed by atoms with E-state index in [1.165, 1.54) is 17.2 Å².